The van der Waals surface area contributed by atoms with Crippen LogP contribution in [0.3, 0.4) is 0 Å². The summed E-state index contributed by atoms with van der Waals surface area (Å²) in [4.78, 5) is 0. The van der Waals surface area contributed by atoms with Gasteiger partial charge in [0.15, 0.2) is 0 Å². The SMILES string of the molecule is Cc1cccc(N)c1NC1CCC(O)CC1. The molecule has 1 aliphatic carbocycles. The molecule has 0 bridgehead atoms. The van der Waals surface area contributed by atoms with Gasteiger partial charge in [0, 0.05) is 6.04 Å². The fourth-order valence-electron chi connectivity index (χ4n) is 2.31. The lowest BCUT2D eigenvalue weighted by molar-refractivity contribution is 0.126. The van der Waals surface area contributed by atoms with E-state index in [1.54, 1.807) is 0 Å². The summed E-state index contributed by atoms with van der Waals surface area (Å²) in [6.45, 7) is 2.07. The van der Waals surface area contributed by atoms with E-state index in [1.807, 2.05) is 12.1 Å². The molecule has 0 unspecified atom stereocenters. The lowest BCUT2D eigenvalue weighted by Crippen LogP contribution is -2.28. The second-order valence-electron chi connectivity index (χ2n) is 4.69. The maximum Gasteiger partial charge on any atom is 0.0605 e. The van der Waals surface area contributed by atoms with Crippen molar-refractivity contribution in [2.45, 2.75) is 44.8 Å². The monoisotopic (exact) mass is 220 g/mol. The van der Waals surface area contributed by atoms with Crippen LogP contribution in [-0.2, 0) is 0 Å². The first-order valence-corrected chi connectivity index (χ1v) is 5.96. The van der Waals surface area contributed by atoms with E-state index in [0.29, 0.717) is 6.04 Å². The van der Waals surface area contributed by atoms with Gasteiger partial charge in [-0.1, -0.05) is 12.1 Å². The molecule has 1 saturated carbocycles. The second kappa shape index (κ2) is 4.74. The summed E-state index contributed by atoms with van der Waals surface area (Å²) in [7, 11) is 0. The fraction of sp³-hybridized carbons (Fsp3) is 0.538. The number of nitrogens with one attached hydrogen (secondary N) is 1. The number of para-hydroxylation sites is 1. The number of hydrogen-bond acceptors (Lipinski definition) is 3. The number of hydrogen-bond donors (Lipinski definition) is 3. The molecule has 0 heterocycles. The van der Waals surface area contributed by atoms with Crippen LogP contribution >= 0.6 is 0 Å². The average molecular weight is 220 g/mol. The van der Waals surface area contributed by atoms with Crippen LogP contribution in [0.2, 0.25) is 0 Å². The van der Waals surface area contributed by atoms with Gasteiger partial charge >= 0.3 is 0 Å². The van der Waals surface area contributed by atoms with Crippen molar-refractivity contribution >= 4 is 11.4 Å². The number of benzene rings is 1. The van der Waals surface area contributed by atoms with Crippen molar-refractivity contribution in [3.05, 3.63) is 23.8 Å². The van der Waals surface area contributed by atoms with Gasteiger partial charge in [0.05, 0.1) is 17.5 Å². The highest BCUT2D eigenvalue weighted by molar-refractivity contribution is 5.70. The van der Waals surface area contributed by atoms with Gasteiger partial charge in [-0.15, -0.1) is 0 Å². The van der Waals surface area contributed by atoms with Crippen molar-refractivity contribution < 1.29 is 5.11 Å². The van der Waals surface area contributed by atoms with E-state index in [9.17, 15) is 5.11 Å². The number of nitrogens with two attached hydrogens (primary N) is 1. The first-order valence-electron chi connectivity index (χ1n) is 5.96. The molecule has 0 amide bonds. The van der Waals surface area contributed by atoms with Gasteiger partial charge in [0.2, 0.25) is 0 Å². The number of anilines is 2. The minimum absolute atomic E-state index is 0.104. The molecule has 1 aromatic carbocycles. The molecule has 0 radical (unpaired) electrons. The zero-order valence-corrected chi connectivity index (χ0v) is 9.74. The predicted octanol–water partition coefficient (Wildman–Crippen LogP) is 2.29. The first-order chi connectivity index (χ1) is 7.66. The van der Waals surface area contributed by atoms with Crippen LogP contribution in [-0.4, -0.2) is 17.3 Å². The predicted molar refractivity (Wildman–Crippen MR) is 67.5 cm³/mol. The number of aliphatic hydroxyl groups is 1. The van der Waals surface area contributed by atoms with Crippen LogP contribution in [0.15, 0.2) is 18.2 Å². The molecule has 1 aromatic rings. The molecule has 0 spiro atoms. The Labute approximate surface area is 96.7 Å². The maximum atomic E-state index is 9.45. The number of nitrogen functional groups attached to an aromatic ring is 1. The molecule has 88 valence electrons. The molecule has 3 heteroatoms. The Morgan fingerprint density at radius 3 is 2.56 bits per heavy atom. The van der Waals surface area contributed by atoms with Crippen LogP contribution in [0, 0.1) is 6.92 Å². The highest BCUT2D eigenvalue weighted by Crippen LogP contribution is 2.27. The lowest BCUT2D eigenvalue weighted by atomic mass is 9.92. The number of rotatable bonds is 2. The zero-order chi connectivity index (χ0) is 11.5. The van der Waals surface area contributed by atoms with Crippen LogP contribution in [0.25, 0.3) is 0 Å². The summed E-state index contributed by atoms with van der Waals surface area (Å²) in [5.41, 5.74) is 9.01. The Kier molecular flexibility index (Phi) is 3.34. The molecule has 4 N–H and O–H groups in total. The molecular weight excluding hydrogens is 200 g/mol. The summed E-state index contributed by atoms with van der Waals surface area (Å²) in [5.74, 6) is 0. The van der Waals surface area contributed by atoms with Gasteiger partial charge in [-0.3, -0.25) is 0 Å². The van der Waals surface area contributed by atoms with Gasteiger partial charge in [-0.2, -0.15) is 0 Å². The van der Waals surface area contributed by atoms with Crippen molar-refractivity contribution in [2.75, 3.05) is 11.1 Å². The van der Waals surface area contributed by atoms with Crippen molar-refractivity contribution in [3.63, 3.8) is 0 Å². The Morgan fingerprint density at radius 1 is 1.25 bits per heavy atom. The third kappa shape index (κ3) is 2.47. The topological polar surface area (TPSA) is 58.3 Å². The summed E-state index contributed by atoms with van der Waals surface area (Å²) in [6, 6.07) is 6.41. The normalized spacial score (nSPS) is 25.4. The molecule has 3 nitrogen and oxygen atoms in total. The van der Waals surface area contributed by atoms with E-state index in [2.05, 4.69) is 18.3 Å². The van der Waals surface area contributed by atoms with Gasteiger partial charge < -0.3 is 16.2 Å². The van der Waals surface area contributed by atoms with E-state index < -0.39 is 0 Å². The molecular formula is C13H20N2O. The minimum Gasteiger partial charge on any atom is -0.397 e. The summed E-state index contributed by atoms with van der Waals surface area (Å²) in [5, 5.41) is 13.0. The van der Waals surface area contributed by atoms with E-state index in [-0.39, 0.29) is 6.10 Å². The van der Waals surface area contributed by atoms with E-state index in [0.717, 1.165) is 37.1 Å². The maximum absolute atomic E-state index is 9.45. The molecule has 1 aliphatic rings. The van der Waals surface area contributed by atoms with E-state index >= 15 is 0 Å². The Balaban J connectivity index is 2.04. The molecule has 2 rings (SSSR count). The van der Waals surface area contributed by atoms with Crippen LogP contribution in [0.4, 0.5) is 11.4 Å². The standard InChI is InChI=1S/C13H20N2O/c1-9-3-2-4-12(14)13(9)15-10-5-7-11(16)8-6-10/h2-4,10-11,15-16H,5-8,14H2,1H3. The third-order valence-corrected chi connectivity index (χ3v) is 3.35. The largest absolute Gasteiger partial charge is 0.397 e. The van der Waals surface area contributed by atoms with Crippen molar-refractivity contribution in [2.24, 2.45) is 0 Å². The quantitative estimate of drug-likeness (QED) is 0.670. The smallest absolute Gasteiger partial charge is 0.0605 e. The average Bonchev–Trinajstić information content (AvgIpc) is 2.26. The fourth-order valence-corrected chi connectivity index (χ4v) is 2.31. The molecule has 16 heavy (non-hydrogen) atoms. The molecule has 0 aromatic heterocycles. The van der Waals surface area contributed by atoms with E-state index in [1.165, 1.54) is 5.56 Å². The van der Waals surface area contributed by atoms with Crippen molar-refractivity contribution in [1.29, 1.82) is 0 Å². The second-order valence-corrected chi connectivity index (χ2v) is 4.69. The molecule has 1 fully saturated rings. The molecule has 0 aliphatic heterocycles. The Hall–Kier alpha value is -1.22. The summed E-state index contributed by atoms with van der Waals surface area (Å²) in [6.07, 6.45) is 3.73. The molecule has 0 atom stereocenters. The van der Waals surface area contributed by atoms with Gasteiger partial charge in [-0.05, 0) is 44.2 Å². The van der Waals surface area contributed by atoms with Crippen molar-refractivity contribution in [3.8, 4) is 0 Å². The molecule has 0 saturated heterocycles. The van der Waals surface area contributed by atoms with Gasteiger partial charge in [-0.25, -0.2) is 0 Å². The lowest BCUT2D eigenvalue weighted by Gasteiger charge is -2.28. The number of aryl methyl sites for hydroxylation is 1. The summed E-state index contributed by atoms with van der Waals surface area (Å²) >= 11 is 0. The van der Waals surface area contributed by atoms with Crippen LogP contribution < -0.4 is 11.1 Å². The summed E-state index contributed by atoms with van der Waals surface area (Å²) < 4.78 is 0. The highest BCUT2D eigenvalue weighted by Gasteiger charge is 2.19. The Bertz CT molecular complexity index is 337. The highest BCUT2D eigenvalue weighted by atomic mass is 16.3. The van der Waals surface area contributed by atoms with Gasteiger partial charge in [0.1, 0.15) is 0 Å². The van der Waals surface area contributed by atoms with Crippen molar-refractivity contribution in [1.82, 2.24) is 0 Å². The first kappa shape index (κ1) is 11.3. The van der Waals surface area contributed by atoms with E-state index in [4.69, 9.17) is 5.73 Å². The third-order valence-electron chi connectivity index (χ3n) is 3.35. The van der Waals surface area contributed by atoms with Crippen LogP contribution in [0.5, 0.6) is 0 Å². The zero-order valence-electron chi connectivity index (χ0n) is 9.74. The van der Waals surface area contributed by atoms with Gasteiger partial charge in [0.25, 0.3) is 0 Å². The minimum atomic E-state index is -0.104. The Morgan fingerprint density at radius 2 is 1.94 bits per heavy atom. The number of aliphatic hydroxyl groups excluding tert-OH is 1. The van der Waals surface area contributed by atoms with Crippen LogP contribution in [0.1, 0.15) is 31.2 Å².